The largest absolute Gasteiger partial charge is 0.449 e. The quantitative estimate of drug-likeness (QED) is 0.213. The zero-order valence-electron chi connectivity index (χ0n) is 26.7. The number of aromatic nitrogens is 1. The SMILES string of the molecule is CCN(CC)CCN(C(=O)OCCCCNC(=O)OC(C)(C)C)C(=O)c1c(C)[nH]c(C=C2C(=O)Nc3ccc(F)cc32)c1C. The molecule has 0 fully saturated rings. The van der Waals surface area contributed by atoms with E-state index >= 15 is 0 Å². The molecule has 0 saturated carbocycles. The number of nitrogens with zero attached hydrogens (tertiary/aromatic N) is 2. The van der Waals surface area contributed by atoms with Gasteiger partial charge in [-0.25, -0.2) is 18.9 Å². The molecule has 1 aromatic heterocycles. The number of aromatic amines is 1. The van der Waals surface area contributed by atoms with Crippen molar-refractivity contribution < 1.29 is 33.0 Å². The summed E-state index contributed by atoms with van der Waals surface area (Å²) in [5.41, 5.74) is 2.48. The van der Waals surface area contributed by atoms with Gasteiger partial charge in [-0.2, -0.15) is 0 Å². The first-order valence-corrected chi connectivity index (χ1v) is 15.0. The van der Waals surface area contributed by atoms with Crippen LogP contribution in [0.15, 0.2) is 18.2 Å². The number of carbonyl (C=O) groups is 4. The van der Waals surface area contributed by atoms with Crippen molar-refractivity contribution in [2.75, 3.05) is 44.6 Å². The highest BCUT2D eigenvalue weighted by molar-refractivity contribution is 6.35. The van der Waals surface area contributed by atoms with E-state index in [0.29, 0.717) is 59.7 Å². The van der Waals surface area contributed by atoms with E-state index in [1.165, 1.54) is 18.2 Å². The highest BCUT2D eigenvalue weighted by Crippen LogP contribution is 2.34. The second-order valence-corrected chi connectivity index (χ2v) is 11.6. The number of ether oxygens (including phenoxy) is 2. The van der Waals surface area contributed by atoms with Crippen molar-refractivity contribution in [2.24, 2.45) is 0 Å². The van der Waals surface area contributed by atoms with Gasteiger partial charge in [0.1, 0.15) is 11.4 Å². The summed E-state index contributed by atoms with van der Waals surface area (Å²) in [6.07, 6.45) is 1.34. The Balaban J connectivity index is 1.74. The Morgan fingerprint density at radius 1 is 1.07 bits per heavy atom. The zero-order valence-corrected chi connectivity index (χ0v) is 26.7. The summed E-state index contributed by atoms with van der Waals surface area (Å²) in [6.45, 7) is 15.3. The molecular weight excluding hydrogens is 569 g/mol. The van der Waals surface area contributed by atoms with Crippen molar-refractivity contribution in [2.45, 2.75) is 66.9 Å². The Hall–Kier alpha value is -4.19. The van der Waals surface area contributed by atoms with Gasteiger partial charge in [0.25, 0.3) is 11.8 Å². The van der Waals surface area contributed by atoms with Crippen molar-refractivity contribution in [3.8, 4) is 0 Å². The van der Waals surface area contributed by atoms with Crippen LogP contribution in [-0.4, -0.2) is 83.7 Å². The number of H-pyrrole nitrogens is 1. The number of hydrogen-bond acceptors (Lipinski definition) is 7. The molecule has 0 bridgehead atoms. The third-order valence-corrected chi connectivity index (χ3v) is 7.21. The number of anilines is 1. The van der Waals surface area contributed by atoms with Gasteiger partial charge in [-0.3, -0.25) is 9.59 Å². The fourth-order valence-corrected chi connectivity index (χ4v) is 4.85. The molecule has 0 radical (unpaired) electrons. The minimum Gasteiger partial charge on any atom is -0.449 e. The van der Waals surface area contributed by atoms with Crippen LogP contribution in [0, 0.1) is 19.7 Å². The fraction of sp³-hybridized carbons (Fsp3) is 0.500. The number of carbonyl (C=O) groups excluding carboxylic acids is 4. The van der Waals surface area contributed by atoms with Gasteiger partial charge in [-0.1, -0.05) is 13.8 Å². The van der Waals surface area contributed by atoms with Gasteiger partial charge in [-0.05, 0) is 90.4 Å². The van der Waals surface area contributed by atoms with Crippen LogP contribution in [0.1, 0.15) is 80.3 Å². The monoisotopic (exact) mass is 613 g/mol. The summed E-state index contributed by atoms with van der Waals surface area (Å²) in [5, 5.41) is 5.38. The Morgan fingerprint density at radius 2 is 1.77 bits per heavy atom. The highest BCUT2D eigenvalue weighted by atomic mass is 19.1. The maximum atomic E-state index is 13.9. The fourth-order valence-electron chi connectivity index (χ4n) is 4.85. The van der Waals surface area contributed by atoms with Crippen LogP contribution in [0.5, 0.6) is 0 Å². The Morgan fingerprint density at radius 3 is 2.43 bits per heavy atom. The number of aryl methyl sites for hydroxylation is 1. The molecule has 3 rings (SSSR count). The van der Waals surface area contributed by atoms with E-state index in [-0.39, 0.29) is 24.6 Å². The van der Waals surface area contributed by atoms with E-state index in [1.54, 1.807) is 40.7 Å². The van der Waals surface area contributed by atoms with Gasteiger partial charge >= 0.3 is 12.2 Å². The Kier molecular flexibility index (Phi) is 11.7. The number of unbranched alkanes of at least 4 members (excludes halogenated alkanes) is 1. The summed E-state index contributed by atoms with van der Waals surface area (Å²) < 4.78 is 24.6. The lowest BCUT2D eigenvalue weighted by Crippen LogP contribution is -2.43. The zero-order chi connectivity index (χ0) is 32.6. The molecule has 44 heavy (non-hydrogen) atoms. The number of amides is 4. The van der Waals surface area contributed by atoms with E-state index < -0.39 is 29.5 Å². The molecule has 4 amide bonds. The molecule has 1 aromatic carbocycles. The van der Waals surface area contributed by atoms with E-state index in [2.05, 4.69) is 20.5 Å². The molecule has 1 aliphatic heterocycles. The van der Waals surface area contributed by atoms with Gasteiger partial charge < -0.3 is 30.0 Å². The summed E-state index contributed by atoms with van der Waals surface area (Å²) in [4.78, 5) is 57.9. The second kappa shape index (κ2) is 15.0. The highest BCUT2D eigenvalue weighted by Gasteiger charge is 2.30. The van der Waals surface area contributed by atoms with Gasteiger partial charge in [0, 0.05) is 42.3 Å². The van der Waals surface area contributed by atoms with E-state index in [9.17, 15) is 23.6 Å². The molecule has 0 atom stereocenters. The number of rotatable bonds is 12. The van der Waals surface area contributed by atoms with Crippen LogP contribution >= 0.6 is 0 Å². The molecule has 2 aromatic rings. The average molecular weight is 614 g/mol. The molecule has 1 aliphatic rings. The van der Waals surface area contributed by atoms with E-state index in [1.807, 2.05) is 13.8 Å². The van der Waals surface area contributed by atoms with Gasteiger partial charge in [0.15, 0.2) is 0 Å². The number of halogens is 1. The first-order chi connectivity index (χ1) is 20.7. The molecule has 0 unspecified atom stereocenters. The number of alkyl carbamates (subject to hydrolysis) is 1. The molecule has 240 valence electrons. The lowest BCUT2D eigenvalue weighted by atomic mass is 10.0. The molecule has 0 saturated heterocycles. The van der Waals surface area contributed by atoms with Gasteiger partial charge in [0.05, 0.1) is 17.7 Å². The average Bonchev–Trinajstić information content (AvgIpc) is 3.40. The van der Waals surface area contributed by atoms with E-state index in [4.69, 9.17) is 9.47 Å². The van der Waals surface area contributed by atoms with Crippen LogP contribution in [-0.2, 0) is 14.3 Å². The Labute approximate surface area is 258 Å². The predicted molar refractivity (Wildman–Crippen MR) is 167 cm³/mol. The molecule has 11 nitrogen and oxygen atoms in total. The van der Waals surface area contributed by atoms with Crippen LogP contribution in [0.3, 0.4) is 0 Å². The summed E-state index contributed by atoms with van der Waals surface area (Å²) >= 11 is 0. The van der Waals surface area contributed by atoms with Crippen molar-refractivity contribution in [3.63, 3.8) is 0 Å². The van der Waals surface area contributed by atoms with Crippen molar-refractivity contribution in [1.29, 1.82) is 0 Å². The standard InChI is InChI=1S/C32H44FN5O6/c1-8-37(9-2)15-16-38(31(42)43-17-11-10-14-34-30(41)44-32(5,6)7)29(40)27-20(3)26(35-21(27)4)19-24-23-18-22(33)12-13-25(23)36-28(24)39/h12-13,18-19,35H,8-11,14-17H2,1-7H3,(H,34,41)(H,36,39). The molecular formula is C32H44FN5O6. The van der Waals surface area contributed by atoms with Crippen LogP contribution in [0.25, 0.3) is 11.6 Å². The van der Waals surface area contributed by atoms with Crippen LogP contribution in [0.2, 0.25) is 0 Å². The van der Waals surface area contributed by atoms with Crippen molar-refractivity contribution >= 4 is 41.3 Å². The van der Waals surface area contributed by atoms with E-state index in [0.717, 1.165) is 18.0 Å². The third-order valence-electron chi connectivity index (χ3n) is 7.21. The molecule has 3 N–H and O–H groups in total. The summed E-state index contributed by atoms with van der Waals surface area (Å²) in [6, 6.07) is 4.06. The second-order valence-electron chi connectivity index (χ2n) is 11.6. The summed E-state index contributed by atoms with van der Waals surface area (Å²) in [7, 11) is 0. The predicted octanol–water partition coefficient (Wildman–Crippen LogP) is 5.49. The number of benzene rings is 1. The summed E-state index contributed by atoms with van der Waals surface area (Å²) in [5.74, 6) is -1.37. The first-order valence-electron chi connectivity index (χ1n) is 15.0. The Bertz CT molecular complexity index is 1410. The minimum absolute atomic E-state index is 0.0669. The lowest BCUT2D eigenvalue weighted by molar-refractivity contribution is -0.110. The maximum absolute atomic E-state index is 13.9. The third kappa shape index (κ3) is 8.91. The first kappa shape index (κ1) is 34.3. The lowest BCUT2D eigenvalue weighted by Gasteiger charge is -2.25. The van der Waals surface area contributed by atoms with Crippen LogP contribution in [0.4, 0.5) is 19.7 Å². The van der Waals surface area contributed by atoms with Crippen molar-refractivity contribution in [3.05, 3.63) is 52.1 Å². The van der Waals surface area contributed by atoms with Gasteiger partial charge in [-0.15, -0.1) is 0 Å². The molecule has 12 heteroatoms. The smallest absolute Gasteiger partial charge is 0.416 e. The molecule has 0 aliphatic carbocycles. The molecule has 0 spiro atoms. The number of imide groups is 1. The normalized spacial score (nSPS) is 13.6. The number of fused-ring (bicyclic) bond motifs is 1. The maximum Gasteiger partial charge on any atom is 0.416 e. The number of nitrogens with one attached hydrogen (secondary N) is 3. The number of hydrogen-bond donors (Lipinski definition) is 3. The minimum atomic E-state index is -0.762. The van der Waals surface area contributed by atoms with Crippen LogP contribution < -0.4 is 10.6 Å². The van der Waals surface area contributed by atoms with Gasteiger partial charge in [0.2, 0.25) is 0 Å². The van der Waals surface area contributed by atoms with Crippen molar-refractivity contribution in [1.82, 2.24) is 20.1 Å². The topological polar surface area (TPSA) is 133 Å². The molecule has 2 heterocycles. The number of likely N-dealkylation sites (N-methyl/N-ethyl adjacent to an activating group) is 1.